The van der Waals surface area contributed by atoms with E-state index in [4.69, 9.17) is 21.1 Å². The summed E-state index contributed by atoms with van der Waals surface area (Å²) < 4.78 is 10.6. The lowest BCUT2D eigenvalue weighted by Crippen LogP contribution is -2.11. The average molecular weight is 290 g/mol. The van der Waals surface area contributed by atoms with Crippen molar-refractivity contribution < 1.29 is 14.3 Å². The number of carbonyl (C=O) groups is 1. The third-order valence-electron chi connectivity index (χ3n) is 3.14. The van der Waals surface area contributed by atoms with Crippen LogP contribution in [0.25, 0.3) is 0 Å². The van der Waals surface area contributed by atoms with E-state index < -0.39 is 6.23 Å². The van der Waals surface area contributed by atoms with Gasteiger partial charge in [0.15, 0.2) is 0 Å². The van der Waals surface area contributed by atoms with Crippen molar-refractivity contribution in [2.24, 2.45) is 0 Å². The van der Waals surface area contributed by atoms with E-state index >= 15 is 0 Å². The zero-order valence-electron chi connectivity index (χ0n) is 10.7. The number of fused-ring (bicyclic) bond motifs is 1. The predicted molar refractivity (Wildman–Crippen MR) is 76.2 cm³/mol. The SMILES string of the molecule is COc1ccc(Cl)cc1N[C@H]1OC(=O)c2ccccc21. The summed E-state index contributed by atoms with van der Waals surface area (Å²) in [5.74, 6) is 0.300. The molecule has 0 aromatic heterocycles. The van der Waals surface area contributed by atoms with Gasteiger partial charge in [0.2, 0.25) is 6.23 Å². The number of halogens is 1. The van der Waals surface area contributed by atoms with Crippen LogP contribution in [0.15, 0.2) is 42.5 Å². The number of nitrogens with one attached hydrogen (secondary N) is 1. The Balaban J connectivity index is 1.94. The van der Waals surface area contributed by atoms with Crippen LogP contribution in [0, 0.1) is 0 Å². The van der Waals surface area contributed by atoms with Crippen LogP contribution in [-0.4, -0.2) is 13.1 Å². The Labute approximate surface area is 121 Å². The number of anilines is 1. The smallest absolute Gasteiger partial charge is 0.340 e. The summed E-state index contributed by atoms with van der Waals surface area (Å²) in [6.07, 6.45) is -0.536. The molecule has 3 rings (SSSR count). The highest BCUT2D eigenvalue weighted by Crippen LogP contribution is 2.35. The predicted octanol–water partition coefficient (Wildman–Crippen LogP) is 3.63. The van der Waals surface area contributed by atoms with Gasteiger partial charge < -0.3 is 14.8 Å². The van der Waals surface area contributed by atoms with Crippen molar-refractivity contribution in [3.05, 3.63) is 58.6 Å². The molecule has 1 aliphatic heterocycles. The monoisotopic (exact) mass is 289 g/mol. The summed E-state index contributed by atoms with van der Waals surface area (Å²) in [6.45, 7) is 0. The number of rotatable bonds is 3. The summed E-state index contributed by atoms with van der Waals surface area (Å²) in [5.41, 5.74) is 2.06. The highest BCUT2D eigenvalue weighted by molar-refractivity contribution is 6.30. The minimum absolute atomic E-state index is 0.334. The molecule has 0 radical (unpaired) electrons. The summed E-state index contributed by atoms with van der Waals surface area (Å²) in [6, 6.07) is 12.5. The van der Waals surface area contributed by atoms with E-state index in [-0.39, 0.29) is 5.97 Å². The van der Waals surface area contributed by atoms with Crippen molar-refractivity contribution in [1.29, 1.82) is 0 Å². The second-order valence-electron chi connectivity index (χ2n) is 4.36. The molecule has 0 amide bonds. The van der Waals surface area contributed by atoms with E-state index in [0.29, 0.717) is 22.0 Å². The fourth-order valence-electron chi connectivity index (χ4n) is 2.19. The fourth-order valence-corrected chi connectivity index (χ4v) is 2.36. The standard InChI is InChI=1S/C15H12ClNO3/c1-19-13-7-6-9(16)8-12(13)17-14-10-4-2-3-5-11(10)15(18)20-14/h2-8,14,17H,1H3/t14-/m0/s1. The van der Waals surface area contributed by atoms with E-state index in [2.05, 4.69) is 5.32 Å². The van der Waals surface area contributed by atoms with Gasteiger partial charge in [-0.1, -0.05) is 29.8 Å². The number of esters is 1. The van der Waals surface area contributed by atoms with Crippen molar-refractivity contribution in [3.63, 3.8) is 0 Å². The lowest BCUT2D eigenvalue weighted by molar-refractivity contribution is 0.0436. The highest BCUT2D eigenvalue weighted by Gasteiger charge is 2.30. The molecule has 0 aliphatic carbocycles. The second kappa shape index (κ2) is 5.06. The molecule has 0 spiro atoms. The molecule has 20 heavy (non-hydrogen) atoms. The van der Waals surface area contributed by atoms with Gasteiger partial charge in [-0.3, -0.25) is 0 Å². The van der Waals surface area contributed by atoms with E-state index in [1.807, 2.05) is 18.2 Å². The molecule has 1 aliphatic rings. The number of hydrogen-bond acceptors (Lipinski definition) is 4. The Hall–Kier alpha value is -2.20. The summed E-state index contributed by atoms with van der Waals surface area (Å²) >= 11 is 5.98. The first-order chi connectivity index (χ1) is 9.69. The molecular weight excluding hydrogens is 278 g/mol. The summed E-state index contributed by atoms with van der Waals surface area (Å²) in [5, 5.41) is 3.71. The first-order valence-electron chi connectivity index (χ1n) is 6.09. The van der Waals surface area contributed by atoms with Gasteiger partial charge in [-0.25, -0.2) is 4.79 Å². The normalized spacial score (nSPS) is 16.5. The van der Waals surface area contributed by atoms with Crippen molar-refractivity contribution in [2.75, 3.05) is 12.4 Å². The first kappa shape index (κ1) is 12.8. The molecular formula is C15H12ClNO3. The third kappa shape index (κ3) is 2.18. The van der Waals surface area contributed by atoms with Crippen molar-refractivity contribution in [3.8, 4) is 5.75 Å². The van der Waals surface area contributed by atoms with Crippen molar-refractivity contribution in [2.45, 2.75) is 6.23 Å². The molecule has 1 N–H and O–H groups in total. The van der Waals surface area contributed by atoms with Gasteiger partial charge in [-0.2, -0.15) is 0 Å². The minimum Gasteiger partial charge on any atom is -0.495 e. The zero-order chi connectivity index (χ0) is 14.1. The van der Waals surface area contributed by atoms with Crippen LogP contribution in [0.5, 0.6) is 5.75 Å². The van der Waals surface area contributed by atoms with E-state index in [1.54, 1.807) is 31.4 Å². The first-order valence-corrected chi connectivity index (χ1v) is 6.47. The van der Waals surface area contributed by atoms with Crippen LogP contribution < -0.4 is 10.1 Å². The number of carbonyl (C=O) groups excluding carboxylic acids is 1. The maximum atomic E-state index is 11.8. The molecule has 102 valence electrons. The van der Waals surface area contributed by atoms with Crippen LogP contribution in [-0.2, 0) is 4.74 Å². The Bertz CT molecular complexity index is 672. The molecule has 2 aromatic rings. The maximum Gasteiger partial charge on any atom is 0.340 e. The van der Waals surface area contributed by atoms with E-state index in [1.165, 1.54) is 0 Å². The van der Waals surface area contributed by atoms with E-state index in [0.717, 1.165) is 5.56 Å². The Kier molecular flexibility index (Phi) is 3.24. The molecule has 0 saturated heterocycles. The minimum atomic E-state index is -0.536. The molecule has 0 bridgehead atoms. The number of methoxy groups -OCH3 is 1. The van der Waals surface area contributed by atoms with E-state index in [9.17, 15) is 4.79 Å². The molecule has 2 aromatic carbocycles. The molecule has 1 atom stereocenters. The summed E-state index contributed by atoms with van der Waals surface area (Å²) in [4.78, 5) is 11.8. The maximum absolute atomic E-state index is 11.8. The lowest BCUT2D eigenvalue weighted by Gasteiger charge is -2.17. The van der Waals surface area contributed by atoms with Gasteiger partial charge in [0.1, 0.15) is 5.75 Å². The molecule has 0 saturated carbocycles. The molecule has 1 heterocycles. The van der Waals surface area contributed by atoms with Crippen LogP contribution in [0.4, 0.5) is 5.69 Å². The molecule has 0 unspecified atom stereocenters. The van der Waals surface area contributed by atoms with Crippen molar-refractivity contribution >= 4 is 23.3 Å². The zero-order valence-corrected chi connectivity index (χ0v) is 11.5. The molecule has 4 nitrogen and oxygen atoms in total. The number of hydrogen-bond donors (Lipinski definition) is 1. The van der Waals surface area contributed by atoms with Crippen LogP contribution in [0.2, 0.25) is 5.02 Å². The van der Waals surface area contributed by atoms with Crippen molar-refractivity contribution in [1.82, 2.24) is 0 Å². The summed E-state index contributed by atoms with van der Waals surface area (Å²) in [7, 11) is 1.57. The Morgan fingerprint density at radius 1 is 1.25 bits per heavy atom. The lowest BCUT2D eigenvalue weighted by atomic mass is 10.1. The van der Waals surface area contributed by atoms with Gasteiger partial charge >= 0.3 is 5.97 Å². The average Bonchev–Trinajstić information content (AvgIpc) is 2.76. The van der Waals surface area contributed by atoms with Gasteiger partial charge in [-0.05, 0) is 24.3 Å². The van der Waals surface area contributed by atoms with Gasteiger partial charge in [0.25, 0.3) is 0 Å². The topological polar surface area (TPSA) is 47.6 Å². The molecule has 5 heteroatoms. The fraction of sp³-hybridized carbons (Fsp3) is 0.133. The van der Waals surface area contributed by atoms with Crippen LogP contribution in [0.3, 0.4) is 0 Å². The third-order valence-corrected chi connectivity index (χ3v) is 3.37. The number of cyclic esters (lactones) is 1. The molecule has 0 fully saturated rings. The van der Waals surface area contributed by atoms with Crippen LogP contribution in [0.1, 0.15) is 22.1 Å². The van der Waals surface area contributed by atoms with Gasteiger partial charge in [0.05, 0.1) is 18.4 Å². The Morgan fingerprint density at radius 2 is 2.05 bits per heavy atom. The Morgan fingerprint density at radius 3 is 2.85 bits per heavy atom. The number of benzene rings is 2. The number of ether oxygens (including phenoxy) is 2. The highest BCUT2D eigenvalue weighted by atomic mass is 35.5. The quantitative estimate of drug-likeness (QED) is 0.877. The van der Waals surface area contributed by atoms with Gasteiger partial charge in [-0.15, -0.1) is 0 Å². The second-order valence-corrected chi connectivity index (χ2v) is 4.80. The van der Waals surface area contributed by atoms with Crippen LogP contribution >= 0.6 is 11.6 Å². The largest absolute Gasteiger partial charge is 0.495 e. The van der Waals surface area contributed by atoms with Gasteiger partial charge in [0, 0.05) is 10.6 Å².